The molecule has 2 heterocycles. The third kappa shape index (κ3) is 3.80. The van der Waals surface area contributed by atoms with Crippen LogP contribution in [0.3, 0.4) is 0 Å². The van der Waals surface area contributed by atoms with Gasteiger partial charge in [-0.2, -0.15) is 9.40 Å². The molecule has 9 heteroatoms. The highest BCUT2D eigenvalue weighted by atomic mass is 32.2. The fourth-order valence-electron chi connectivity index (χ4n) is 2.33. The molecule has 0 amide bonds. The average Bonchev–Trinajstić information content (AvgIpc) is 2.88. The second-order valence-electron chi connectivity index (χ2n) is 4.83. The number of carboxylic acids is 1. The molecule has 8 nitrogen and oxygen atoms in total. The van der Waals surface area contributed by atoms with E-state index < -0.39 is 16.0 Å². The zero-order valence-corrected chi connectivity index (χ0v) is 12.6. The monoisotopic (exact) mass is 317 g/mol. The number of aliphatic carboxylic acids is 1. The third-order valence-electron chi connectivity index (χ3n) is 3.35. The molecule has 1 aliphatic heterocycles. The highest BCUT2D eigenvalue weighted by Crippen LogP contribution is 2.21. The van der Waals surface area contributed by atoms with E-state index >= 15 is 0 Å². The number of rotatable bonds is 6. The Hall–Kier alpha value is -1.45. The Labute approximate surface area is 123 Å². The van der Waals surface area contributed by atoms with Gasteiger partial charge in [0.05, 0.1) is 12.3 Å². The standard InChI is InChI=1S/C12H19N3O5S/c1-2-20-10-3-5-15(6-4-10)21(18,19)11-7-13-14(8-11)9-12(16)17/h7-8,10H,2-6,9H2,1H3,(H,16,17). The molecule has 0 atom stereocenters. The van der Waals surface area contributed by atoms with Crippen LogP contribution in [0, 0.1) is 0 Å². The number of sulfonamides is 1. The van der Waals surface area contributed by atoms with Crippen molar-refractivity contribution in [2.24, 2.45) is 0 Å². The zero-order valence-electron chi connectivity index (χ0n) is 11.8. The van der Waals surface area contributed by atoms with Gasteiger partial charge in [-0.3, -0.25) is 9.48 Å². The van der Waals surface area contributed by atoms with Crippen molar-refractivity contribution < 1.29 is 23.1 Å². The van der Waals surface area contributed by atoms with Crippen LogP contribution in [-0.4, -0.2) is 59.4 Å². The molecule has 0 unspecified atom stereocenters. The highest BCUT2D eigenvalue weighted by Gasteiger charge is 2.30. The smallest absolute Gasteiger partial charge is 0.325 e. The van der Waals surface area contributed by atoms with Gasteiger partial charge in [0.25, 0.3) is 0 Å². The van der Waals surface area contributed by atoms with E-state index in [-0.39, 0.29) is 17.5 Å². The topological polar surface area (TPSA) is 102 Å². The quantitative estimate of drug-likeness (QED) is 0.802. The van der Waals surface area contributed by atoms with Crippen LogP contribution in [0.2, 0.25) is 0 Å². The van der Waals surface area contributed by atoms with E-state index in [1.54, 1.807) is 0 Å². The molecule has 0 spiro atoms. The largest absolute Gasteiger partial charge is 0.480 e. The van der Waals surface area contributed by atoms with Crippen LogP contribution in [-0.2, 0) is 26.1 Å². The summed E-state index contributed by atoms with van der Waals surface area (Å²) >= 11 is 0. The number of nitrogens with zero attached hydrogens (tertiary/aromatic N) is 3. The van der Waals surface area contributed by atoms with Crippen LogP contribution in [0.1, 0.15) is 19.8 Å². The number of ether oxygens (including phenoxy) is 1. The maximum atomic E-state index is 12.4. The van der Waals surface area contributed by atoms with Crippen LogP contribution in [0.25, 0.3) is 0 Å². The van der Waals surface area contributed by atoms with E-state index in [4.69, 9.17) is 9.84 Å². The molecule has 1 aliphatic rings. The van der Waals surface area contributed by atoms with Crippen LogP contribution < -0.4 is 0 Å². The minimum atomic E-state index is -3.61. The van der Waals surface area contributed by atoms with Crippen molar-refractivity contribution in [1.29, 1.82) is 0 Å². The molecule has 1 aromatic heterocycles. The number of piperidine rings is 1. The predicted molar refractivity (Wildman–Crippen MR) is 73.3 cm³/mol. The number of aromatic nitrogens is 2. The van der Waals surface area contributed by atoms with Crippen LogP contribution >= 0.6 is 0 Å². The maximum Gasteiger partial charge on any atom is 0.325 e. The van der Waals surface area contributed by atoms with Gasteiger partial charge in [0.15, 0.2) is 0 Å². The van der Waals surface area contributed by atoms with Crippen LogP contribution in [0.15, 0.2) is 17.3 Å². The molecular formula is C12H19N3O5S. The molecule has 2 rings (SSSR count). The van der Waals surface area contributed by atoms with Crippen LogP contribution in [0.5, 0.6) is 0 Å². The highest BCUT2D eigenvalue weighted by molar-refractivity contribution is 7.89. The number of carbonyl (C=O) groups is 1. The molecule has 21 heavy (non-hydrogen) atoms. The zero-order chi connectivity index (χ0) is 15.5. The number of carboxylic acid groups (broad SMARTS) is 1. The molecule has 1 N–H and O–H groups in total. The van der Waals surface area contributed by atoms with Gasteiger partial charge in [-0.25, -0.2) is 8.42 Å². The first-order chi connectivity index (χ1) is 9.93. The molecule has 0 saturated carbocycles. The van der Waals surface area contributed by atoms with Gasteiger partial charge in [-0.1, -0.05) is 0 Å². The molecular weight excluding hydrogens is 298 g/mol. The summed E-state index contributed by atoms with van der Waals surface area (Å²) in [5.74, 6) is -1.07. The molecule has 0 aliphatic carbocycles. The van der Waals surface area contributed by atoms with E-state index in [2.05, 4.69) is 5.10 Å². The summed E-state index contributed by atoms with van der Waals surface area (Å²) in [5, 5.41) is 12.4. The van der Waals surface area contributed by atoms with Crippen molar-refractivity contribution in [3.8, 4) is 0 Å². The van der Waals surface area contributed by atoms with Gasteiger partial charge < -0.3 is 9.84 Å². The summed E-state index contributed by atoms with van der Waals surface area (Å²) in [7, 11) is -3.61. The van der Waals surface area contributed by atoms with E-state index in [1.807, 2.05) is 6.92 Å². The molecule has 1 fully saturated rings. The number of hydrogen-bond donors (Lipinski definition) is 1. The van der Waals surface area contributed by atoms with Gasteiger partial charge in [0.1, 0.15) is 11.4 Å². The van der Waals surface area contributed by atoms with Gasteiger partial charge in [0.2, 0.25) is 10.0 Å². The lowest BCUT2D eigenvalue weighted by atomic mass is 10.1. The Bertz CT molecular complexity index is 590. The van der Waals surface area contributed by atoms with Crippen molar-refractivity contribution >= 4 is 16.0 Å². The number of hydrogen-bond acceptors (Lipinski definition) is 5. The van der Waals surface area contributed by atoms with E-state index in [9.17, 15) is 13.2 Å². The van der Waals surface area contributed by atoms with Gasteiger partial charge in [-0.15, -0.1) is 0 Å². The second-order valence-corrected chi connectivity index (χ2v) is 6.76. The SMILES string of the molecule is CCOC1CCN(S(=O)(=O)c2cnn(CC(=O)O)c2)CC1. The predicted octanol–water partition coefficient (Wildman–Crippen LogP) is 0.157. The van der Waals surface area contributed by atoms with Crippen molar-refractivity contribution in [1.82, 2.24) is 14.1 Å². The maximum absolute atomic E-state index is 12.4. The Kier molecular flexibility index (Phi) is 4.96. The molecule has 1 aromatic rings. The lowest BCUT2D eigenvalue weighted by Crippen LogP contribution is -2.40. The minimum Gasteiger partial charge on any atom is -0.480 e. The second kappa shape index (κ2) is 6.54. The summed E-state index contributed by atoms with van der Waals surface area (Å²) in [6, 6.07) is 0. The molecule has 118 valence electrons. The Balaban J connectivity index is 2.05. The minimum absolute atomic E-state index is 0.0265. The Morgan fingerprint density at radius 1 is 1.48 bits per heavy atom. The lowest BCUT2D eigenvalue weighted by Gasteiger charge is -2.30. The summed E-state index contributed by atoms with van der Waals surface area (Å²) in [5.41, 5.74) is 0. The average molecular weight is 317 g/mol. The summed E-state index contributed by atoms with van der Waals surface area (Å²) in [4.78, 5) is 10.6. The first-order valence-electron chi connectivity index (χ1n) is 6.79. The van der Waals surface area contributed by atoms with Crippen molar-refractivity contribution in [2.75, 3.05) is 19.7 Å². The fourth-order valence-corrected chi connectivity index (χ4v) is 3.75. The third-order valence-corrected chi connectivity index (χ3v) is 5.20. The molecule has 0 bridgehead atoms. The van der Waals surface area contributed by atoms with Crippen molar-refractivity contribution in [3.63, 3.8) is 0 Å². The van der Waals surface area contributed by atoms with E-state index in [1.165, 1.54) is 16.7 Å². The van der Waals surface area contributed by atoms with E-state index in [0.29, 0.717) is 32.5 Å². The molecule has 1 saturated heterocycles. The normalized spacial score (nSPS) is 18.0. The first-order valence-corrected chi connectivity index (χ1v) is 8.23. The van der Waals surface area contributed by atoms with Gasteiger partial charge >= 0.3 is 5.97 Å². The van der Waals surface area contributed by atoms with E-state index in [0.717, 1.165) is 4.68 Å². The van der Waals surface area contributed by atoms with Crippen LogP contribution in [0.4, 0.5) is 0 Å². The Morgan fingerprint density at radius 2 is 2.14 bits per heavy atom. The summed E-state index contributed by atoms with van der Waals surface area (Å²) < 4.78 is 32.9. The van der Waals surface area contributed by atoms with Crippen molar-refractivity contribution in [2.45, 2.75) is 37.3 Å². The molecule has 0 radical (unpaired) electrons. The lowest BCUT2D eigenvalue weighted by molar-refractivity contribution is -0.137. The molecule has 0 aromatic carbocycles. The summed E-state index contributed by atoms with van der Waals surface area (Å²) in [6.07, 6.45) is 3.87. The fraction of sp³-hybridized carbons (Fsp3) is 0.667. The van der Waals surface area contributed by atoms with Crippen molar-refractivity contribution in [3.05, 3.63) is 12.4 Å². The Morgan fingerprint density at radius 3 is 2.71 bits per heavy atom. The first kappa shape index (κ1) is 15.9. The summed E-state index contributed by atoms with van der Waals surface area (Å²) in [6.45, 7) is 2.98. The van der Waals surface area contributed by atoms with Gasteiger partial charge in [-0.05, 0) is 19.8 Å². The van der Waals surface area contributed by atoms with Gasteiger partial charge in [0, 0.05) is 25.9 Å².